The van der Waals surface area contributed by atoms with Crippen molar-refractivity contribution in [2.45, 2.75) is 38.7 Å². The lowest BCUT2D eigenvalue weighted by Crippen LogP contribution is -2.17. The van der Waals surface area contributed by atoms with Crippen LogP contribution in [0, 0.1) is 0 Å². The third kappa shape index (κ3) is 9.16. The van der Waals surface area contributed by atoms with E-state index in [2.05, 4.69) is 11.6 Å². The standard InChI is InChI=1S/C32H25Cl3F6N2O4/c1-16(2)22-14-42-27-6-4-19(13-21(22)27)47-29-23(31(36,37)38)11-18(12-24(29)32(39,40)41)43-30(44)28-7-5-20(46-28)15-45-9-8-25(34)26(35)10-17(3)33/h4-8,10-14,16,42H,3,9,15H2,1-2H3,(H,43,44)/b25-8+,26-10+. The Hall–Kier alpha value is -3.84. The molecular formula is C32H25Cl3F6N2O4. The number of furan rings is 1. The van der Waals surface area contributed by atoms with Gasteiger partial charge in [0.2, 0.25) is 0 Å². The zero-order chi connectivity index (χ0) is 34.7. The second-order valence-corrected chi connectivity index (χ2v) is 11.6. The van der Waals surface area contributed by atoms with E-state index in [4.69, 9.17) is 48.7 Å². The number of hydrogen-bond acceptors (Lipinski definition) is 4. The molecule has 0 aliphatic heterocycles. The molecule has 0 aliphatic rings. The van der Waals surface area contributed by atoms with Crippen LogP contribution in [-0.4, -0.2) is 17.5 Å². The van der Waals surface area contributed by atoms with Gasteiger partial charge in [0, 0.05) is 27.8 Å². The molecule has 47 heavy (non-hydrogen) atoms. The van der Waals surface area contributed by atoms with Gasteiger partial charge in [-0.25, -0.2) is 0 Å². The number of H-pyrrole nitrogens is 1. The maximum absolute atomic E-state index is 14.2. The lowest BCUT2D eigenvalue weighted by atomic mass is 10.0. The van der Waals surface area contributed by atoms with E-state index >= 15 is 0 Å². The van der Waals surface area contributed by atoms with Crippen LogP contribution in [0.5, 0.6) is 11.5 Å². The number of hydrogen-bond donors (Lipinski definition) is 2. The topological polar surface area (TPSA) is 76.5 Å². The highest BCUT2D eigenvalue weighted by molar-refractivity contribution is 6.44. The number of rotatable bonds is 11. The van der Waals surface area contributed by atoms with E-state index in [0.29, 0.717) is 23.0 Å². The van der Waals surface area contributed by atoms with Crippen LogP contribution in [0.1, 0.15) is 52.8 Å². The Morgan fingerprint density at radius 3 is 2.26 bits per heavy atom. The number of aromatic nitrogens is 1. The number of benzene rings is 2. The molecule has 4 rings (SSSR count). The van der Waals surface area contributed by atoms with Gasteiger partial charge in [-0.05, 0) is 66.1 Å². The van der Waals surface area contributed by atoms with Crippen LogP contribution >= 0.6 is 34.8 Å². The fourth-order valence-corrected chi connectivity index (χ4v) is 4.87. The summed E-state index contributed by atoms with van der Waals surface area (Å²) in [6, 6.07) is 7.36. The number of carbonyl (C=O) groups is 1. The van der Waals surface area contributed by atoms with Gasteiger partial charge in [0.1, 0.15) is 29.2 Å². The minimum Gasteiger partial charge on any atom is -0.456 e. The van der Waals surface area contributed by atoms with Crippen LogP contribution in [0.15, 0.2) is 86.9 Å². The Bertz CT molecular complexity index is 1820. The Labute approximate surface area is 279 Å². The van der Waals surface area contributed by atoms with E-state index in [1.54, 1.807) is 6.20 Å². The quantitative estimate of drug-likeness (QED) is 0.0918. The van der Waals surface area contributed by atoms with Gasteiger partial charge < -0.3 is 24.2 Å². The number of aromatic amines is 1. The number of alkyl halides is 6. The van der Waals surface area contributed by atoms with Crippen molar-refractivity contribution in [1.29, 1.82) is 0 Å². The number of allylic oxidation sites excluding steroid dienone is 4. The molecule has 0 atom stereocenters. The molecule has 2 aromatic heterocycles. The van der Waals surface area contributed by atoms with Gasteiger partial charge in [0.05, 0.1) is 16.7 Å². The van der Waals surface area contributed by atoms with Crippen LogP contribution in [0.25, 0.3) is 10.9 Å². The van der Waals surface area contributed by atoms with E-state index in [1.165, 1.54) is 42.5 Å². The van der Waals surface area contributed by atoms with Gasteiger partial charge in [-0.3, -0.25) is 4.79 Å². The van der Waals surface area contributed by atoms with Gasteiger partial charge in [0.15, 0.2) is 11.5 Å². The van der Waals surface area contributed by atoms with E-state index in [9.17, 15) is 31.1 Å². The first kappa shape index (κ1) is 36.0. The maximum atomic E-state index is 14.2. The highest BCUT2D eigenvalue weighted by atomic mass is 35.5. The summed E-state index contributed by atoms with van der Waals surface area (Å²) in [5, 5.41) is 3.03. The molecule has 2 heterocycles. The average molecular weight is 722 g/mol. The predicted molar refractivity (Wildman–Crippen MR) is 168 cm³/mol. The summed E-state index contributed by atoms with van der Waals surface area (Å²) in [7, 11) is 0. The summed E-state index contributed by atoms with van der Waals surface area (Å²) in [6.45, 7) is 7.03. The lowest BCUT2D eigenvalue weighted by Gasteiger charge is -2.21. The van der Waals surface area contributed by atoms with Crippen LogP contribution in [0.4, 0.5) is 32.0 Å². The minimum atomic E-state index is -5.29. The van der Waals surface area contributed by atoms with E-state index in [1.807, 2.05) is 19.2 Å². The van der Waals surface area contributed by atoms with Crippen molar-refractivity contribution in [3.63, 3.8) is 0 Å². The molecule has 0 saturated carbocycles. The van der Waals surface area contributed by atoms with E-state index in [0.717, 1.165) is 5.56 Å². The zero-order valence-electron chi connectivity index (χ0n) is 24.5. The fraction of sp³-hybridized carbons (Fsp3) is 0.219. The normalized spacial score (nSPS) is 13.0. The summed E-state index contributed by atoms with van der Waals surface area (Å²) < 4.78 is 101. The summed E-state index contributed by atoms with van der Waals surface area (Å²) in [6.07, 6.45) is -6.13. The first-order chi connectivity index (χ1) is 21.9. The molecule has 0 aliphatic carbocycles. The number of fused-ring (bicyclic) bond motifs is 1. The van der Waals surface area contributed by atoms with Crippen LogP contribution < -0.4 is 10.1 Å². The highest BCUT2D eigenvalue weighted by Crippen LogP contribution is 2.48. The van der Waals surface area contributed by atoms with Crippen molar-refractivity contribution in [3.05, 3.63) is 111 Å². The van der Waals surface area contributed by atoms with Crippen molar-refractivity contribution < 1.29 is 45.0 Å². The smallest absolute Gasteiger partial charge is 0.420 e. The molecule has 2 aromatic carbocycles. The molecule has 250 valence electrons. The molecule has 2 N–H and O–H groups in total. The number of nitrogens with one attached hydrogen (secondary N) is 2. The van der Waals surface area contributed by atoms with E-state index < -0.39 is 46.6 Å². The first-order valence-electron chi connectivity index (χ1n) is 13.6. The van der Waals surface area contributed by atoms with Crippen molar-refractivity contribution >= 4 is 57.3 Å². The Morgan fingerprint density at radius 1 is 1.00 bits per heavy atom. The number of halogens is 9. The Balaban J connectivity index is 1.57. The first-order valence-corrected chi connectivity index (χ1v) is 14.7. The zero-order valence-corrected chi connectivity index (χ0v) is 26.8. The fourth-order valence-electron chi connectivity index (χ4n) is 4.38. The number of ether oxygens (including phenoxy) is 2. The SMILES string of the molecule is C=C(Cl)/C=C(Cl)\C(Cl)=C/COCc1ccc(C(=O)Nc2cc(C(F)(F)F)c(Oc3ccc4[nH]cc(C(C)C)c4c3)c(C(F)(F)F)c2)o1. The van der Waals surface area contributed by atoms with E-state index in [-0.39, 0.29) is 45.7 Å². The van der Waals surface area contributed by atoms with Gasteiger partial charge in [-0.1, -0.05) is 55.2 Å². The highest BCUT2D eigenvalue weighted by Gasteiger charge is 2.43. The minimum absolute atomic E-state index is 0.0163. The summed E-state index contributed by atoms with van der Waals surface area (Å²) in [5.74, 6) is -3.05. The van der Waals surface area contributed by atoms with Gasteiger partial charge in [-0.2, -0.15) is 26.3 Å². The molecular weight excluding hydrogens is 697 g/mol. The van der Waals surface area contributed by atoms with Crippen molar-refractivity contribution in [2.24, 2.45) is 0 Å². The molecule has 0 radical (unpaired) electrons. The molecule has 0 spiro atoms. The van der Waals surface area contributed by atoms with Crippen LogP contribution in [-0.2, 0) is 23.7 Å². The van der Waals surface area contributed by atoms with Crippen molar-refractivity contribution in [1.82, 2.24) is 4.98 Å². The summed E-state index contributed by atoms with van der Waals surface area (Å²) >= 11 is 17.6. The summed E-state index contributed by atoms with van der Waals surface area (Å²) in [5.41, 5.74) is -2.84. The molecule has 0 unspecified atom stereocenters. The van der Waals surface area contributed by atoms with Gasteiger partial charge in [-0.15, -0.1) is 0 Å². The second-order valence-electron chi connectivity index (χ2n) is 10.3. The molecule has 0 bridgehead atoms. The Morgan fingerprint density at radius 2 is 1.66 bits per heavy atom. The average Bonchev–Trinajstić information content (AvgIpc) is 3.61. The van der Waals surface area contributed by atoms with Crippen molar-refractivity contribution in [3.8, 4) is 11.5 Å². The number of anilines is 1. The number of carbonyl (C=O) groups excluding carboxylic acids is 1. The molecule has 0 fully saturated rings. The number of amides is 1. The maximum Gasteiger partial charge on any atom is 0.420 e. The largest absolute Gasteiger partial charge is 0.456 e. The molecule has 4 aromatic rings. The van der Waals surface area contributed by atoms with Crippen LogP contribution in [0.2, 0.25) is 0 Å². The second kappa shape index (κ2) is 14.5. The third-order valence-corrected chi connectivity index (χ3v) is 7.38. The van der Waals surface area contributed by atoms with Gasteiger partial charge >= 0.3 is 12.4 Å². The molecule has 15 heteroatoms. The molecule has 6 nitrogen and oxygen atoms in total. The molecule has 0 saturated heterocycles. The third-order valence-electron chi connectivity index (χ3n) is 6.51. The monoisotopic (exact) mass is 720 g/mol. The Kier molecular flexibility index (Phi) is 11.1. The predicted octanol–water partition coefficient (Wildman–Crippen LogP) is 11.5. The van der Waals surface area contributed by atoms with Crippen LogP contribution in [0.3, 0.4) is 0 Å². The summed E-state index contributed by atoms with van der Waals surface area (Å²) in [4.78, 5) is 15.8. The lowest BCUT2D eigenvalue weighted by molar-refractivity contribution is -0.144. The van der Waals surface area contributed by atoms with Gasteiger partial charge in [0.25, 0.3) is 5.91 Å². The molecule has 1 amide bonds. The van der Waals surface area contributed by atoms with Crippen molar-refractivity contribution in [2.75, 3.05) is 11.9 Å².